The molecule has 0 atom stereocenters. The van der Waals surface area contributed by atoms with Gasteiger partial charge in [-0.1, -0.05) is 0 Å². The van der Waals surface area contributed by atoms with Gasteiger partial charge in [0.15, 0.2) is 0 Å². The molecule has 2 aromatic heterocycles. The number of hydrogen-bond donors (Lipinski definition) is 2. The van der Waals surface area contributed by atoms with Crippen LogP contribution < -0.4 is 5.32 Å². The summed E-state index contributed by atoms with van der Waals surface area (Å²) in [6, 6.07) is 0.942. The van der Waals surface area contributed by atoms with Crippen molar-refractivity contribution in [3.8, 4) is 0 Å². The van der Waals surface area contributed by atoms with Crippen molar-refractivity contribution in [3.05, 3.63) is 39.7 Å². The molecule has 0 radical (unpaired) electrons. The number of nitrogens with zero attached hydrogens (tertiary/aromatic N) is 2. The fourth-order valence-corrected chi connectivity index (χ4v) is 2.12. The summed E-state index contributed by atoms with van der Waals surface area (Å²) in [6.45, 7) is 2.28. The number of carboxylic acids is 1. The Hall–Kier alpha value is -2.02. The quantitative estimate of drug-likeness (QED) is 0.889. The van der Waals surface area contributed by atoms with Gasteiger partial charge in [0.05, 0.1) is 23.9 Å². The Bertz CT molecular complexity index is 585. The maximum atomic E-state index is 12.9. The van der Waals surface area contributed by atoms with E-state index in [-0.39, 0.29) is 11.4 Å². The lowest BCUT2D eigenvalue weighted by Crippen LogP contribution is -2.08. The van der Waals surface area contributed by atoms with E-state index >= 15 is 0 Å². The number of aromatic carboxylic acids is 1. The second-order valence-electron chi connectivity index (χ2n) is 3.57. The molecular formula is C11H10FN3O2S. The van der Waals surface area contributed by atoms with Crippen LogP contribution in [0.4, 0.5) is 10.2 Å². The minimum atomic E-state index is -1.22. The van der Waals surface area contributed by atoms with E-state index in [2.05, 4.69) is 15.3 Å². The van der Waals surface area contributed by atoms with Crippen molar-refractivity contribution < 1.29 is 14.3 Å². The van der Waals surface area contributed by atoms with E-state index in [0.717, 1.165) is 22.8 Å². The first-order valence-electron chi connectivity index (χ1n) is 5.09. The monoisotopic (exact) mass is 267 g/mol. The van der Waals surface area contributed by atoms with E-state index < -0.39 is 11.8 Å². The molecule has 0 saturated heterocycles. The molecular weight excluding hydrogens is 257 g/mol. The Balaban J connectivity index is 2.19. The summed E-state index contributed by atoms with van der Waals surface area (Å²) in [6.07, 6.45) is 0.980. The smallest absolute Gasteiger partial charge is 0.339 e. The summed E-state index contributed by atoms with van der Waals surface area (Å²) in [5.41, 5.74) is 2.41. The highest BCUT2D eigenvalue weighted by molar-refractivity contribution is 7.09. The van der Waals surface area contributed by atoms with Crippen molar-refractivity contribution >= 4 is 23.1 Å². The van der Waals surface area contributed by atoms with E-state index in [0.29, 0.717) is 6.54 Å². The average molecular weight is 267 g/mol. The number of halogens is 1. The lowest BCUT2D eigenvalue weighted by atomic mass is 10.2. The molecule has 0 amide bonds. The number of nitrogens with one attached hydrogen (secondary N) is 1. The van der Waals surface area contributed by atoms with E-state index in [9.17, 15) is 9.18 Å². The van der Waals surface area contributed by atoms with Crippen molar-refractivity contribution in [3.63, 3.8) is 0 Å². The molecule has 2 heterocycles. The number of carboxylic acid groups (broad SMARTS) is 1. The van der Waals surface area contributed by atoms with Crippen LogP contribution in [0, 0.1) is 12.7 Å². The molecule has 2 rings (SSSR count). The molecule has 18 heavy (non-hydrogen) atoms. The van der Waals surface area contributed by atoms with E-state index in [1.165, 1.54) is 11.3 Å². The lowest BCUT2D eigenvalue weighted by Gasteiger charge is -2.07. The summed E-state index contributed by atoms with van der Waals surface area (Å²) >= 11 is 1.46. The van der Waals surface area contributed by atoms with Crippen molar-refractivity contribution in [2.45, 2.75) is 13.5 Å². The summed E-state index contributed by atoms with van der Waals surface area (Å²) in [5, 5.41) is 11.8. The van der Waals surface area contributed by atoms with Crippen LogP contribution in [-0.4, -0.2) is 21.0 Å². The Morgan fingerprint density at radius 3 is 2.94 bits per heavy atom. The standard InChI is InChI=1S/C11H10FN3O2S/c1-6-9(18-5-15-6)4-14-10-8(11(16)17)2-7(12)3-13-10/h2-3,5H,4H2,1H3,(H,13,14)(H,16,17). The average Bonchev–Trinajstić information content (AvgIpc) is 2.73. The minimum absolute atomic E-state index is 0.150. The lowest BCUT2D eigenvalue weighted by molar-refractivity contribution is 0.0697. The van der Waals surface area contributed by atoms with Crippen molar-refractivity contribution in [2.24, 2.45) is 0 Å². The van der Waals surface area contributed by atoms with Gasteiger partial charge in [0, 0.05) is 4.88 Å². The molecule has 94 valence electrons. The summed E-state index contributed by atoms with van der Waals surface area (Å²) < 4.78 is 12.9. The number of hydrogen-bond acceptors (Lipinski definition) is 5. The topological polar surface area (TPSA) is 75.1 Å². The second-order valence-corrected chi connectivity index (χ2v) is 4.51. The van der Waals surface area contributed by atoms with Gasteiger partial charge in [-0.2, -0.15) is 0 Å². The molecule has 0 saturated carbocycles. The number of carbonyl (C=O) groups is 1. The normalized spacial score (nSPS) is 10.3. The molecule has 0 unspecified atom stereocenters. The fourth-order valence-electron chi connectivity index (χ4n) is 1.40. The number of aryl methyl sites for hydroxylation is 1. The predicted octanol–water partition coefficient (Wildman–Crippen LogP) is 2.30. The first kappa shape index (κ1) is 12.4. The van der Waals surface area contributed by atoms with Crippen LogP contribution in [0.15, 0.2) is 17.8 Å². The van der Waals surface area contributed by atoms with Crippen LogP contribution in [0.5, 0.6) is 0 Å². The molecule has 2 aromatic rings. The van der Waals surface area contributed by atoms with Gasteiger partial charge in [0.25, 0.3) is 0 Å². The highest BCUT2D eigenvalue weighted by Gasteiger charge is 2.13. The Labute approximate surface area is 106 Å². The minimum Gasteiger partial charge on any atom is -0.478 e. The zero-order valence-corrected chi connectivity index (χ0v) is 10.3. The zero-order chi connectivity index (χ0) is 13.1. The number of thiazole rings is 1. The molecule has 5 nitrogen and oxygen atoms in total. The third kappa shape index (κ3) is 2.62. The van der Waals surface area contributed by atoms with Crippen LogP contribution in [0.1, 0.15) is 20.9 Å². The van der Waals surface area contributed by atoms with Gasteiger partial charge >= 0.3 is 5.97 Å². The molecule has 0 aliphatic carbocycles. The second kappa shape index (κ2) is 5.09. The predicted molar refractivity (Wildman–Crippen MR) is 65.3 cm³/mol. The molecule has 0 aliphatic heterocycles. The van der Waals surface area contributed by atoms with Gasteiger partial charge in [0.2, 0.25) is 0 Å². The van der Waals surface area contributed by atoms with Crippen LogP contribution >= 0.6 is 11.3 Å². The van der Waals surface area contributed by atoms with Gasteiger partial charge < -0.3 is 10.4 Å². The highest BCUT2D eigenvalue weighted by Crippen LogP contribution is 2.17. The first-order chi connectivity index (χ1) is 8.58. The van der Waals surface area contributed by atoms with Gasteiger partial charge in [-0.25, -0.2) is 19.2 Å². The number of pyridine rings is 1. The number of anilines is 1. The Morgan fingerprint density at radius 2 is 2.33 bits per heavy atom. The molecule has 0 spiro atoms. The fraction of sp³-hybridized carbons (Fsp3) is 0.182. The van der Waals surface area contributed by atoms with E-state index in [1.54, 1.807) is 5.51 Å². The molecule has 2 N–H and O–H groups in total. The maximum Gasteiger partial charge on any atom is 0.339 e. The SMILES string of the molecule is Cc1ncsc1CNc1ncc(F)cc1C(=O)O. The van der Waals surface area contributed by atoms with E-state index in [4.69, 9.17) is 5.11 Å². The Morgan fingerprint density at radius 1 is 1.56 bits per heavy atom. The van der Waals surface area contributed by atoms with Gasteiger partial charge in [0.1, 0.15) is 17.2 Å². The van der Waals surface area contributed by atoms with Crippen LogP contribution in [0.25, 0.3) is 0 Å². The largest absolute Gasteiger partial charge is 0.478 e. The van der Waals surface area contributed by atoms with Crippen LogP contribution in [-0.2, 0) is 6.54 Å². The number of aromatic nitrogens is 2. The van der Waals surface area contributed by atoms with Gasteiger partial charge in [-0.05, 0) is 13.0 Å². The zero-order valence-electron chi connectivity index (χ0n) is 9.48. The van der Waals surface area contributed by atoms with Crippen molar-refractivity contribution in [1.82, 2.24) is 9.97 Å². The van der Waals surface area contributed by atoms with Crippen LogP contribution in [0.3, 0.4) is 0 Å². The summed E-state index contributed by atoms with van der Waals surface area (Å²) in [7, 11) is 0. The molecule has 7 heteroatoms. The van der Waals surface area contributed by atoms with E-state index in [1.807, 2.05) is 6.92 Å². The van der Waals surface area contributed by atoms with Gasteiger partial charge in [-0.3, -0.25) is 0 Å². The van der Waals surface area contributed by atoms with Gasteiger partial charge in [-0.15, -0.1) is 11.3 Å². The summed E-state index contributed by atoms with van der Waals surface area (Å²) in [5.74, 6) is -1.74. The molecule has 0 aromatic carbocycles. The third-order valence-electron chi connectivity index (χ3n) is 2.35. The van der Waals surface area contributed by atoms with Crippen LogP contribution in [0.2, 0.25) is 0 Å². The maximum absolute atomic E-state index is 12.9. The third-order valence-corrected chi connectivity index (χ3v) is 3.28. The first-order valence-corrected chi connectivity index (χ1v) is 5.97. The summed E-state index contributed by atoms with van der Waals surface area (Å²) in [4.78, 5) is 19.8. The van der Waals surface area contributed by atoms with Crippen molar-refractivity contribution in [1.29, 1.82) is 0 Å². The molecule has 0 bridgehead atoms. The molecule has 0 fully saturated rings. The van der Waals surface area contributed by atoms with Crippen molar-refractivity contribution in [2.75, 3.05) is 5.32 Å². The Kier molecular flexibility index (Phi) is 3.52. The molecule has 0 aliphatic rings. The number of rotatable bonds is 4. The highest BCUT2D eigenvalue weighted by atomic mass is 32.1.